The highest BCUT2D eigenvalue weighted by Gasteiger charge is 2.28. The van der Waals surface area contributed by atoms with E-state index in [1.165, 1.54) is 48.1 Å². The van der Waals surface area contributed by atoms with Crippen molar-refractivity contribution in [2.24, 2.45) is 0 Å². The molecule has 47 heavy (non-hydrogen) atoms. The van der Waals surface area contributed by atoms with Gasteiger partial charge in [-0.25, -0.2) is 0 Å². The number of allylic oxidation sites excluding steroid dienone is 1. The van der Waals surface area contributed by atoms with E-state index in [-0.39, 0.29) is 5.56 Å². The van der Waals surface area contributed by atoms with Gasteiger partial charge in [0.25, 0.3) is 10.6 Å². The molecule has 0 atom stereocenters. The summed E-state index contributed by atoms with van der Waals surface area (Å²) in [6, 6.07) is 34.3. The van der Waals surface area contributed by atoms with Gasteiger partial charge in [0.2, 0.25) is 5.69 Å². The van der Waals surface area contributed by atoms with Gasteiger partial charge in [-0.3, -0.25) is 9.36 Å². The van der Waals surface area contributed by atoms with Crippen LogP contribution in [0.1, 0.15) is 39.1 Å². The Balaban J connectivity index is 1.40. The summed E-state index contributed by atoms with van der Waals surface area (Å²) in [4.78, 5) is 19.0. The predicted molar refractivity (Wildman–Crippen MR) is 203 cm³/mol. The maximum Gasteiger partial charge on any atom is 0.269 e. The molecule has 1 aliphatic heterocycles. The van der Waals surface area contributed by atoms with Crippen LogP contribution in [0.25, 0.3) is 44.1 Å². The van der Waals surface area contributed by atoms with E-state index in [0.29, 0.717) is 6.54 Å². The molecule has 3 heterocycles. The summed E-state index contributed by atoms with van der Waals surface area (Å²) < 4.78 is 6.16. The number of anilines is 1. The molecule has 4 aromatic carbocycles. The van der Waals surface area contributed by atoms with Crippen LogP contribution in [0.4, 0.5) is 5.69 Å². The Morgan fingerprint density at radius 2 is 1.49 bits per heavy atom. The quantitative estimate of drug-likeness (QED) is 0.152. The van der Waals surface area contributed by atoms with Gasteiger partial charge in [-0.05, 0) is 73.4 Å². The van der Waals surface area contributed by atoms with Crippen LogP contribution in [0.3, 0.4) is 0 Å². The van der Waals surface area contributed by atoms with Crippen molar-refractivity contribution in [3.05, 3.63) is 133 Å². The van der Waals surface area contributed by atoms with Gasteiger partial charge in [0, 0.05) is 23.5 Å². The number of aromatic nitrogens is 2. The molecule has 0 unspecified atom stereocenters. The molecule has 6 aromatic rings. The molecule has 7 rings (SSSR count). The summed E-state index contributed by atoms with van der Waals surface area (Å²) in [5, 5.41) is 4.85. The normalized spacial score (nSPS) is 14.8. The van der Waals surface area contributed by atoms with Gasteiger partial charge in [0.15, 0.2) is 0 Å². The number of hydrogen-bond acceptors (Lipinski definition) is 5. The molecule has 4 nitrogen and oxygen atoms in total. The lowest BCUT2D eigenvalue weighted by Gasteiger charge is -2.18. The van der Waals surface area contributed by atoms with E-state index in [4.69, 9.17) is 0 Å². The molecule has 0 saturated carbocycles. The first-order valence-corrected chi connectivity index (χ1v) is 18.8. The average molecular weight is 673 g/mol. The Kier molecular flexibility index (Phi) is 9.04. The first-order chi connectivity index (χ1) is 23.1. The zero-order chi connectivity index (χ0) is 32.5. The van der Waals surface area contributed by atoms with E-state index >= 15 is 0 Å². The monoisotopic (exact) mass is 672 g/mol. The molecule has 7 heteroatoms. The summed E-state index contributed by atoms with van der Waals surface area (Å²) in [7, 11) is 0. The third-order valence-electron chi connectivity index (χ3n) is 8.74. The molecule has 0 bridgehead atoms. The van der Waals surface area contributed by atoms with Gasteiger partial charge in [0.1, 0.15) is 16.1 Å². The van der Waals surface area contributed by atoms with Crippen molar-refractivity contribution >= 4 is 62.5 Å². The van der Waals surface area contributed by atoms with Gasteiger partial charge in [0.05, 0.1) is 21.3 Å². The number of fused-ring (bicyclic) bond motifs is 3. The fourth-order valence-electron chi connectivity index (χ4n) is 6.41. The molecule has 0 spiro atoms. The molecule has 0 aliphatic carbocycles. The molecular weight excluding hydrogens is 635 g/mol. The summed E-state index contributed by atoms with van der Waals surface area (Å²) >= 11 is 5.24. The van der Waals surface area contributed by atoms with Crippen LogP contribution in [0.15, 0.2) is 118 Å². The Labute approximate surface area is 288 Å². The van der Waals surface area contributed by atoms with Gasteiger partial charge < -0.3 is 4.90 Å². The lowest BCUT2D eigenvalue weighted by Crippen LogP contribution is -2.37. The number of thiazole rings is 2. The van der Waals surface area contributed by atoms with E-state index in [0.717, 1.165) is 39.3 Å². The number of nitrogens with zero attached hydrogens (tertiary/aromatic N) is 3. The van der Waals surface area contributed by atoms with Crippen molar-refractivity contribution in [3.8, 4) is 21.7 Å². The zero-order valence-corrected chi connectivity index (χ0v) is 29.6. The molecule has 1 aliphatic rings. The summed E-state index contributed by atoms with van der Waals surface area (Å²) in [5.74, 6) is 0. The highest BCUT2D eigenvalue weighted by atomic mass is 32.2. The second-order valence-electron chi connectivity index (χ2n) is 11.4. The van der Waals surface area contributed by atoms with Crippen molar-refractivity contribution < 1.29 is 4.57 Å². The lowest BCUT2D eigenvalue weighted by molar-refractivity contribution is -0.679. The fourth-order valence-corrected chi connectivity index (χ4v) is 10.3. The maximum absolute atomic E-state index is 14.1. The third kappa shape index (κ3) is 5.71. The van der Waals surface area contributed by atoms with Crippen molar-refractivity contribution in [3.63, 3.8) is 0 Å². The van der Waals surface area contributed by atoms with Crippen molar-refractivity contribution in [1.29, 1.82) is 0 Å². The minimum absolute atomic E-state index is 0.0950. The number of rotatable bonds is 8. The number of thioether (sulfide) groups is 1. The first kappa shape index (κ1) is 31.4. The topological polar surface area (TPSA) is 29.1 Å². The van der Waals surface area contributed by atoms with Crippen LogP contribution in [0, 0.1) is 0 Å². The van der Waals surface area contributed by atoms with Crippen LogP contribution in [-0.4, -0.2) is 11.1 Å². The molecule has 0 saturated heterocycles. The Morgan fingerprint density at radius 3 is 2.17 bits per heavy atom. The smallest absolute Gasteiger partial charge is 0.269 e. The Bertz CT molecular complexity index is 2300. The highest BCUT2D eigenvalue weighted by molar-refractivity contribution is 8.04. The summed E-state index contributed by atoms with van der Waals surface area (Å²) in [6.45, 7) is 10.9. The molecule has 0 N–H and O–H groups in total. The Morgan fingerprint density at radius 1 is 0.787 bits per heavy atom. The van der Waals surface area contributed by atoms with Crippen molar-refractivity contribution in [2.45, 2.75) is 52.1 Å². The van der Waals surface area contributed by atoms with E-state index in [1.54, 1.807) is 22.7 Å². The minimum Gasteiger partial charge on any atom is -0.335 e. The maximum atomic E-state index is 14.1. The van der Waals surface area contributed by atoms with Crippen molar-refractivity contribution in [1.82, 2.24) is 4.57 Å². The fraction of sp³-hybridized carbons (Fsp3) is 0.200. The van der Waals surface area contributed by atoms with Crippen LogP contribution >= 0.6 is 34.4 Å². The number of hydrogen-bond donors (Lipinski definition) is 0. The standard InChI is InChI=1S/C40H38N3OS3/c1-5-27(25-33-41(6-2)32-24-23-28-17-15-16-22-31(28)39(32)47-33)38-40(44)43(8-4)35(46-38)26-34-42(7-3)36(29-18-11-9-12-19-29)37(45-34)30-20-13-10-14-21-30/h9-26H,5-8H2,1-4H3/q+1. The molecule has 236 valence electrons. The second kappa shape index (κ2) is 13.5. The van der Waals surface area contributed by atoms with Crippen LogP contribution in [-0.2, 0) is 13.1 Å². The van der Waals surface area contributed by atoms with Gasteiger partial charge in [-0.1, -0.05) is 109 Å². The van der Waals surface area contributed by atoms with Crippen LogP contribution in [0.5, 0.6) is 0 Å². The summed E-state index contributed by atoms with van der Waals surface area (Å²) in [6.07, 6.45) is 5.28. The van der Waals surface area contributed by atoms with E-state index in [2.05, 4.69) is 146 Å². The van der Waals surface area contributed by atoms with Crippen LogP contribution < -0.4 is 24.2 Å². The zero-order valence-electron chi connectivity index (χ0n) is 27.2. The highest BCUT2D eigenvalue weighted by Crippen LogP contribution is 2.49. The van der Waals surface area contributed by atoms with Crippen LogP contribution in [0.2, 0.25) is 0 Å². The summed E-state index contributed by atoms with van der Waals surface area (Å²) in [5.41, 5.74) is 6.04. The SMILES string of the molecule is CCC(C=C1Sc2c(ccc3ccccc23)N1CC)=c1sc(=Cc2sc(-c3ccccc3)c(-c3ccccc3)[n+]2CC)n(CC)c1=O. The molecular formula is C40H38N3OS3+. The Hall–Kier alpha value is -4.17. The van der Waals surface area contributed by atoms with E-state index < -0.39 is 0 Å². The van der Waals surface area contributed by atoms with Gasteiger partial charge in [-0.15, -0.1) is 11.3 Å². The molecule has 0 fully saturated rings. The van der Waals surface area contributed by atoms with E-state index in [1.807, 2.05) is 16.3 Å². The second-order valence-corrected chi connectivity index (χ2v) is 14.5. The lowest BCUT2D eigenvalue weighted by atomic mass is 10.1. The third-order valence-corrected chi connectivity index (χ3v) is 12.3. The van der Waals surface area contributed by atoms with Crippen molar-refractivity contribution in [2.75, 3.05) is 11.4 Å². The minimum atomic E-state index is 0.0950. The van der Waals surface area contributed by atoms with Gasteiger partial charge >= 0.3 is 0 Å². The average Bonchev–Trinajstić information content (AvgIpc) is 3.78. The van der Waals surface area contributed by atoms with Gasteiger partial charge in [-0.2, -0.15) is 4.57 Å². The molecule has 2 aromatic heterocycles. The molecule has 0 radical (unpaired) electrons. The predicted octanol–water partition coefficient (Wildman–Crippen LogP) is 8.65. The number of benzene rings is 4. The molecule has 0 amide bonds. The first-order valence-electron chi connectivity index (χ1n) is 16.4. The van der Waals surface area contributed by atoms with E-state index in [9.17, 15) is 4.79 Å². The largest absolute Gasteiger partial charge is 0.335 e.